The number of amides is 1. The van der Waals surface area contributed by atoms with Crippen LogP contribution in [0.25, 0.3) is 0 Å². The Morgan fingerprint density at radius 3 is 2.16 bits per heavy atom. The summed E-state index contributed by atoms with van der Waals surface area (Å²) in [6.45, 7) is 5.99. The largest absolute Gasteiger partial charge is 0.322 e. The van der Waals surface area contributed by atoms with Gasteiger partial charge in [0.1, 0.15) is 0 Å². The molecule has 0 aromatic heterocycles. The molecule has 25 heavy (non-hydrogen) atoms. The van der Waals surface area contributed by atoms with E-state index in [1.54, 1.807) is 13.0 Å². The lowest BCUT2D eigenvalue weighted by Crippen LogP contribution is -2.23. The van der Waals surface area contributed by atoms with Crippen molar-refractivity contribution in [2.75, 3.05) is 19.4 Å². The standard InChI is InChI=1S/C19H24N2O3S/c1-13(2)15-7-9-16(10-8-15)20-19(22)18-12-17(11-6-14(18)3)25(23,24)21(4)5/h6-13H,1-5H3,(H,20,22). The first-order valence-corrected chi connectivity index (χ1v) is 9.51. The maximum atomic E-state index is 12.6. The summed E-state index contributed by atoms with van der Waals surface area (Å²) in [5, 5.41) is 2.83. The zero-order chi connectivity index (χ0) is 18.8. The van der Waals surface area contributed by atoms with Gasteiger partial charge < -0.3 is 5.32 Å². The van der Waals surface area contributed by atoms with Gasteiger partial charge in [-0.3, -0.25) is 4.79 Å². The maximum Gasteiger partial charge on any atom is 0.255 e. The van der Waals surface area contributed by atoms with Crippen molar-refractivity contribution in [2.24, 2.45) is 0 Å². The van der Waals surface area contributed by atoms with Crippen LogP contribution in [-0.2, 0) is 10.0 Å². The van der Waals surface area contributed by atoms with Gasteiger partial charge in [-0.15, -0.1) is 0 Å². The summed E-state index contributed by atoms with van der Waals surface area (Å²) >= 11 is 0. The van der Waals surface area contributed by atoms with Crippen LogP contribution in [0.15, 0.2) is 47.4 Å². The number of rotatable bonds is 5. The minimum Gasteiger partial charge on any atom is -0.322 e. The van der Waals surface area contributed by atoms with Crippen LogP contribution in [0.2, 0.25) is 0 Å². The fourth-order valence-electron chi connectivity index (χ4n) is 2.37. The highest BCUT2D eigenvalue weighted by atomic mass is 32.2. The zero-order valence-electron chi connectivity index (χ0n) is 15.2. The van der Waals surface area contributed by atoms with E-state index >= 15 is 0 Å². The van der Waals surface area contributed by atoms with Crippen LogP contribution in [0.5, 0.6) is 0 Å². The van der Waals surface area contributed by atoms with E-state index in [4.69, 9.17) is 0 Å². The van der Waals surface area contributed by atoms with E-state index < -0.39 is 10.0 Å². The molecule has 0 fully saturated rings. The van der Waals surface area contributed by atoms with E-state index in [-0.39, 0.29) is 10.8 Å². The van der Waals surface area contributed by atoms with Crippen LogP contribution in [0.1, 0.15) is 41.3 Å². The molecule has 0 heterocycles. The molecule has 0 radical (unpaired) electrons. The van der Waals surface area contributed by atoms with E-state index in [9.17, 15) is 13.2 Å². The molecule has 0 saturated heterocycles. The van der Waals surface area contributed by atoms with Gasteiger partial charge in [0.2, 0.25) is 10.0 Å². The number of aryl methyl sites for hydroxylation is 1. The van der Waals surface area contributed by atoms with Gasteiger partial charge in [0.15, 0.2) is 0 Å². The summed E-state index contributed by atoms with van der Waals surface area (Å²) < 4.78 is 25.7. The van der Waals surface area contributed by atoms with Gasteiger partial charge in [0.05, 0.1) is 4.90 Å². The first-order valence-electron chi connectivity index (χ1n) is 8.07. The molecule has 0 unspecified atom stereocenters. The van der Waals surface area contributed by atoms with Gasteiger partial charge >= 0.3 is 0 Å². The van der Waals surface area contributed by atoms with Crippen LogP contribution < -0.4 is 5.32 Å². The summed E-state index contributed by atoms with van der Waals surface area (Å²) in [4.78, 5) is 12.7. The molecular weight excluding hydrogens is 336 g/mol. The molecule has 0 aliphatic heterocycles. The van der Waals surface area contributed by atoms with Gasteiger partial charge in [-0.05, 0) is 48.2 Å². The zero-order valence-corrected chi connectivity index (χ0v) is 16.0. The van der Waals surface area contributed by atoms with Gasteiger partial charge in [0.25, 0.3) is 5.91 Å². The highest BCUT2D eigenvalue weighted by molar-refractivity contribution is 7.89. The van der Waals surface area contributed by atoms with E-state index in [0.717, 1.165) is 4.31 Å². The lowest BCUT2D eigenvalue weighted by atomic mass is 10.0. The molecule has 0 aliphatic rings. The van der Waals surface area contributed by atoms with E-state index in [1.807, 2.05) is 24.3 Å². The van der Waals surface area contributed by atoms with Crippen LogP contribution in [0, 0.1) is 6.92 Å². The van der Waals surface area contributed by atoms with Crippen molar-refractivity contribution in [1.82, 2.24) is 4.31 Å². The first kappa shape index (κ1) is 19.1. The number of hydrogen-bond donors (Lipinski definition) is 1. The van der Waals surface area contributed by atoms with E-state index in [0.29, 0.717) is 22.7 Å². The summed E-state index contributed by atoms with van der Waals surface area (Å²) in [5.41, 5.74) is 2.92. The van der Waals surface area contributed by atoms with Crippen molar-refractivity contribution in [2.45, 2.75) is 31.6 Å². The van der Waals surface area contributed by atoms with Crippen molar-refractivity contribution >= 4 is 21.6 Å². The monoisotopic (exact) mass is 360 g/mol. The Hall–Kier alpha value is -2.18. The second kappa shape index (κ2) is 7.37. The number of nitrogens with zero attached hydrogens (tertiary/aromatic N) is 1. The Bertz CT molecular complexity index is 870. The quantitative estimate of drug-likeness (QED) is 0.885. The first-order chi connectivity index (χ1) is 11.6. The molecule has 2 rings (SSSR count). The molecule has 5 nitrogen and oxygen atoms in total. The van der Waals surface area contributed by atoms with Gasteiger partial charge in [-0.1, -0.05) is 32.0 Å². The smallest absolute Gasteiger partial charge is 0.255 e. The molecule has 1 N–H and O–H groups in total. The highest BCUT2D eigenvalue weighted by Crippen LogP contribution is 2.21. The average Bonchev–Trinajstić information content (AvgIpc) is 2.55. The van der Waals surface area contributed by atoms with Gasteiger partial charge in [0, 0.05) is 25.3 Å². The lowest BCUT2D eigenvalue weighted by Gasteiger charge is -2.14. The van der Waals surface area contributed by atoms with E-state index in [1.165, 1.54) is 31.8 Å². The maximum absolute atomic E-state index is 12.6. The fraction of sp³-hybridized carbons (Fsp3) is 0.316. The topological polar surface area (TPSA) is 66.5 Å². The Balaban J connectivity index is 2.30. The van der Waals surface area contributed by atoms with Crippen molar-refractivity contribution in [3.8, 4) is 0 Å². The summed E-state index contributed by atoms with van der Waals surface area (Å²) in [5.74, 6) is 0.0884. The molecule has 2 aromatic rings. The van der Waals surface area contributed by atoms with Crippen molar-refractivity contribution < 1.29 is 13.2 Å². The van der Waals surface area contributed by atoms with Crippen molar-refractivity contribution in [3.63, 3.8) is 0 Å². The molecule has 0 bridgehead atoms. The third-order valence-corrected chi connectivity index (χ3v) is 5.88. The number of carbonyl (C=O) groups is 1. The minimum atomic E-state index is -3.58. The summed E-state index contributed by atoms with van der Waals surface area (Å²) in [6, 6.07) is 12.2. The second-order valence-corrected chi connectivity index (χ2v) is 8.65. The molecule has 0 spiro atoms. The number of carbonyl (C=O) groups excluding carboxylic acids is 1. The number of benzene rings is 2. The van der Waals surface area contributed by atoms with Crippen LogP contribution >= 0.6 is 0 Å². The Labute approximate surface area is 149 Å². The predicted molar refractivity (Wildman–Crippen MR) is 101 cm³/mol. The molecule has 0 atom stereocenters. The van der Waals surface area contributed by atoms with Gasteiger partial charge in [-0.2, -0.15) is 0 Å². The third-order valence-electron chi connectivity index (χ3n) is 4.07. The average molecular weight is 360 g/mol. The number of hydrogen-bond acceptors (Lipinski definition) is 3. The fourth-order valence-corrected chi connectivity index (χ4v) is 3.30. The molecular formula is C19H24N2O3S. The van der Waals surface area contributed by atoms with E-state index in [2.05, 4.69) is 19.2 Å². The second-order valence-electron chi connectivity index (χ2n) is 6.49. The molecule has 0 saturated carbocycles. The minimum absolute atomic E-state index is 0.100. The third kappa shape index (κ3) is 4.27. The van der Waals surface area contributed by atoms with Crippen LogP contribution in [0.3, 0.4) is 0 Å². The predicted octanol–water partition coefficient (Wildman–Crippen LogP) is 3.62. The number of sulfonamides is 1. The lowest BCUT2D eigenvalue weighted by molar-refractivity contribution is 0.102. The van der Waals surface area contributed by atoms with Crippen molar-refractivity contribution in [3.05, 3.63) is 59.2 Å². The Kier molecular flexibility index (Phi) is 5.65. The molecule has 1 amide bonds. The Morgan fingerprint density at radius 2 is 1.64 bits per heavy atom. The molecule has 0 aliphatic carbocycles. The highest BCUT2D eigenvalue weighted by Gasteiger charge is 2.20. The Morgan fingerprint density at radius 1 is 1.04 bits per heavy atom. The molecule has 134 valence electrons. The number of nitrogens with one attached hydrogen (secondary N) is 1. The SMILES string of the molecule is Cc1ccc(S(=O)(=O)N(C)C)cc1C(=O)Nc1ccc(C(C)C)cc1. The van der Waals surface area contributed by atoms with Crippen LogP contribution in [0.4, 0.5) is 5.69 Å². The van der Waals surface area contributed by atoms with Crippen LogP contribution in [-0.4, -0.2) is 32.7 Å². The summed E-state index contributed by atoms with van der Waals surface area (Å²) in [6.07, 6.45) is 0. The summed E-state index contributed by atoms with van der Waals surface area (Å²) in [7, 11) is -0.657. The normalized spacial score (nSPS) is 11.8. The van der Waals surface area contributed by atoms with Crippen molar-refractivity contribution in [1.29, 1.82) is 0 Å². The molecule has 2 aromatic carbocycles. The molecule has 6 heteroatoms. The number of anilines is 1. The van der Waals surface area contributed by atoms with Gasteiger partial charge in [-0.25, -0.2) is 12.7 Å².